The third-order valence-corrected chi connectivity index (χ3v) is 4.67. The molecule has 0 aromatic carbocycles. The average Bonchev–Trinajstić information content (AvgIpc) is 3.15. The maximum Gasteiger partial charge on any atom is 0.170 e. The lowest BCUT2D eigenvalue weighted by atomic mass is 9.92. The monoisotopic (exact) mass is 401 g/mol. The highest BCUT2D eigenvalue weighted by molar-refractivity contribution is 5.55. The summed E-state index contributed by atoms with van der Waals surface area (Å²) in [5.41, 5.74) is 0.717. The van der Waals surface area contributed by atoms with E-state index in [0.29, 0.717) is 31.7 Å². The summed E-state index contributed by atoms with van der Waals surface area (Å²) in [4.78, 5) is 11.2. The van der Waals surface area contributed by atoms with Crippen molar-refractivity contribution in [3.63, 3.8) is 0 Å². The molecule has 0 spiro atoms. The maximum atomic E-state index is 11.2. The Morgan fingerprint density at radius 3 is 2.79 bits per heavy atom. The van der Waals surface area contributed by atoms with E-state index in [9.17, 15) is 20.1 Å². The Kier molecular flexibility index (Phi) is 9.96. The third kappa shape index (κ3) is 6.57. The van der Waals surface area contributed by atoms with Crippen molar-refractivity contribution < 1.29 is 34.3 Å². The van der Waals surface area contributed by atoms with E-state index in [0.717, 1.165) is 12.8 Å². The van der Waals surface area contributed by atoms with Gasteiger partial charge >= 0.3 is 0 Å². The second-order valence-electron chi connectivity index (χ2n) is 6.88. The predicted octanol–water partition coefficient (Wildman–Crippen LogP) is -0.354. The molecule has 0 unspecified atom stereocenters. The molecule has 10 heteroatoms. The minimum Gasteiger partial charge on any atom is -0.394 e. The minimum absolute atomic E-state index is 0.149. The Morgan fingerprint density at radius 2 is 2.07 bits per heavy atom. The zero-order valence-electron chi connectivity index (χ0n) is 16.2. The molecule has 0 radical (unpaired) electrons. The van der Waals surface area contributed by atoms with Gasteiger partial charge in [0.25, 0.3) is 0 Å². The molecular formula is C18H31N3O7. The molecule has 1 aromatic rings. The summed E-state index contributed by atoms with van der Waals surface area (Å²) in [5.74, 6) is -1.04. The summed E-state index contributed by atoms with van der Waals surface area (Å²) in [7, 11) is 0. The zero-order valence-corrected chi connectivity index (χ0v) is 16.2. The van der Waals surface area contributed by atoms with Gasteiger partial charge in [0.15, 0.2) is 6.29 Å². The van der Waals surface area contributed by atoms with Crippen molar-refractivity contribution in [2.45, 2.75) is 70.4 Å². The molecule has 1 aromatic heterocycles. The van der Waals surface area contributed by atoms with Gasteiger partial charge in [-0.3, -0.25) is 0 Å². The first-order valence-corrected chi connectivity index (χ1v) is 9.76. The number of rotatable bonds is 13. The van der Waals surface area contributed by atoms with Gasteiger partial charge in [0.1, 0.15) is 24.2 Å². The van der Waals surface area contributed by atoms with Gasteiger partial charge in [0, 0.05) is 6.61 Å². The van der Waals surface area contributed by atoms with Crippen LogP contribution in [0.4, 0.5) is 0 Å². The van der Waals surface area contributed by atoms with Gasteiger partial charge in [-0.25, -0.2) is 4.68 Å². The lowest BCUT2D eigenvalue weighted by Crippen LogP contribution is -2.56. The van der Waals surface area contributed by atoms with Crippen molar-refractivity contribution in [1.82, 2.24) is 15.0 Å². The zero-order chi connectivity index (χ0) is 20.4. The van der Waals surface area contributed by atoms with Crippen LogP contribution in [0.15, 0.2) is 6.20 Å². The van der Waals surface area contributed by atoms with E-state index in [1.54, 1.807) is 10.9 Å². The van der Waals surface area contributed by atoms with E-state index in [2.05, 4.69) is 17.2 Å². The van der Waals surface area contributed by atoms with Gasteiger partial charge < -0.3 is 34.3 Å². The van der Waals surface area contributed by atoms with Crippen molar-refractivity contribution in [2.75, 3.05) is 19.8 Å². The molecule has 1 saturated heterocycles. The van der Waals surface area contributed by atoms with Crippen LogP contribution in [-0.2, 0) is 32.2 Å². The second kappa shape index (κ2) is 12.2. The Hall–Kier alpha value is -1.43. The fourth-order valence-electron chi connectivity index (χ4n) is 2.98. The van der Waals surface area contributed by atoms with E-state index in [1.807, 2.05) is 0 Å². The summed E-state index contributed by atoms with van der Waals surface area (Å²) >= 11 is 0. The normalized spacial score (nSPS) is 27.8. The summed E-state index contributed by atoms with van der Waals surface area (Å²) < 4.78 is 18.1. The van der Waals surface area contributed by atoms with E-state index < -0.39 is 37.1 Å². The van der Waals surface area contributed by atoms with Crippen molar-refractivity contribution in [3.05, 3.63) is 11.9 Å². The molecule has 0 bridgehead atoms. The van der Waals surface area contributed by atoms with Gasteiger partial charge in [0.05, 0.1) is 44.6 Å². The number of ether oxygens (including phenoxy) is 3. The Labute approximate surface area is 164 Å². The number of unbranched alkanes of at least 4 members (excludes halogenated alkanes) is 3. The maximum absolute atomic E-state index is 11.2. The molecule has 1 aliphatic heterocycles. The molecule has 1 fully saturated rings. The standard InChI is InChI=1S/C18H31N3O7/c1-2-3-4-5-7-26-12-13-9-21(20-19-13)6-8-27-18-14(10-22)16(24)17(25)15(11-23)28-18/h9-10,14-18,23-25H,2-8,11-12H2,1H3/t14-,15-,16-,17-,18-/m0/s1. The van der Waals surface area contributed by atoms with Gasteiger partial charge in [-0.15, -0.1) is 5.10 Å². The average molecular weight is 401 g/mol. The minimum atomic E-state index is -1.36. The first-order valence-electron chi connectivity index (χ1n) is 9.76. The first-order chi connectivity index (χ1) is 13.6. The van der Waals surface area contributed by atoms with Crippen LogP contribution in [0.5, 0.6) is 0 Å². The lowest BCUT2D eigenvalue weighted by molar-refractivity contribution is -0.277. The Balaban J connectivity index is 1.72. The van der Waals surface area contributed by atoms with Crippen LogP contribution >= 0.6 is 0 Å². The molecule has 160 valence electrons. The van der Waals surface area contributed by atoms with Crippen LogP contribution in [0.25, 0.3) is 0 Å². The van der Waals surface area contributed by atoms with E-state index in [-0.39, 0.29) is 6.61 Å². The van der Waals surface area contributed by atoms with E-state index >= 15 is 0 Å². The van der Waals surface area contributed by atoms with Crippen LogP contribution in [-0.4, -0.2) is 81.0 Å². The molecule has 2 rings (SSSR count). The van der Waals surface area contributed by atoms with Gasteiger partial charge in [-0.1, -0.05) is 31.4 Å². The topological polar surface area (TPSA) is 136 Å². The third-order valence-electron chi connectivity index (χ3n) is 4.67. The summed E-state index contributed by atoms with van der Waals surface area (Å²) in [6.45, 7) is 3.28. The van der Waals surface area contributed by atoms with Crippen molar-refractivity contribution >= 4 is 6.29 Å². The molecule has 3 N–H and O–H groups in total. The highest BCUT2D eigenvalue weighted by Gasteiger charge is 2.44. The molecule has 0 aliphatic carbocycles. The number of aliphatic hydroxyl groups is 3. The highest BCUT2D eigenvalue weighted by atomic mass is 16.7. The fraction of sp³-hybridized carbons (Fsp3) is 0.833. The van der Waals surface area contributed by atoms with Crippen LogP contribution in [0, 0.1) is 5.92 Å². The SMILES string of the molecule is CCCCCCOCc1cn(CCO[C@H]2O[C@@H](CO)[C@H](O)[C@@H](O)[C@@H]2C=O)nn1. The summed E-state index contributed by atoms with van der Waals surface area (Å²) in [6, 6.07) is 0. The van der Waals surface area contributed by atoms with Crippen molar-refractivity contribution in [2.24, 2.45) is 5.92 Å². The molecular weight excluding hydrogens is 370 g/mol. The van der Waals surface area contributed by atoms with Gasteiger partial charge in [-0.05, 0) is 6.42 Å². The summed E-state index contributed by atoms with van der Waals surface area (Å²) in [5, 5.41) is 37.0. The largest absolute Gasteiger partial charge is 0.394 e. The Bertz CT molecular complexity index is 571. The number of hydrogen-bond donors (Lipinski definition) is 3. The summed E-state index contributed by atoms with van der Waals surface area (Å²) in [6.07, 6.45) is 2.06. The quantitative estimate of drug-likeness (QED) is 0.299. The molecule has 28 heavy (non-hydrogen) atoms. The molecule has 2 heterocycles. The first kappa shape index (κ1) is 22.9. The molecule has 0 amide bonds. The second-order valence-corrected chi connectivity index (χ2v) is 6.88. The number of nitrogens with zero attached hydrogens (tertiary/aromatic N) is 3. The van der Waals surface area contributed by atoms with Crippen molar-refractivity contribution in [1.29, 1.82) is 0 Å². The number of carbonyl (C=O) groups excluding carboxylic acids is 1. The Morgan fingerprint density at radius 1 is 1.25 bits per heavy atom. The molecule has 0 saturated carbocycles. The number of aliphatic hydroxyl groups excluding tert-OH is 3. The number of aromatic nitrogens is 3. The molecule has 1 aliphatic rings. The van der Waals surface area contributed by atoms with Gasteiger partial charge in [-0.2, -0.15) is 0 Å². The lowest BCUT2D eigenvalue weighted by Gasteiger charge is -2.39. The molecule has 5 atom stereocenters. The smallest absolute Gasteiger partial charge is 0.170 e. The number of hydrogen-bond acceptors (Lipinski definition) is 9. The van der Waals surface area contributed by atoms with E-state index in [1.165, 1.54) is 12.8 Å². The number of aldehydes is 1. The van der Waals surface area contributed by atoms with Crippen molar-refractivity contribution in [3.8, 4) is 0 Å². The van der Waals surface area contributed by atoms with Crippen LogP contribution in [0.3, 0.4) is 0 Å². The fourth-order valence-corrected chi connectivity index (χ4v) is 2.98. The van der Waals surface area contributed by atoms with Crippen LogP contribution in [0.1, 0.15) is 38.3 Å². The molecule has 10 nitrogen and oxygen atoms in total. The number of carbonyl (C=O) groups is 1. The van der Waals surface area contributed by atoms with E-state index in [4.69, 9.17) is 14.2 Å². The predicted molar refractivity (Wildman–Crippen MR) is 97.1 cm³/mol. The van der Waals surface area contributed by atoms with Gasteiger partial charge in [0.2, 0.25) is 0 Å². The van der Waals surface area contributed by atoms with Crippen LogP contribution < -0.4 is 0 Å². The van der Waals surface area contributed by atoms with Crippen LogP contribution in [0.2, 0.25) is 0 Å². The highest BCUT2D eigenvalue weighted by Crippen LogP contribution is 2.25.